The summed E-state index contributed by atoms with van der Waals surface area (Å²) in [6, 6.07) is 6.25. The van der Waals surface area contributed by atoms with E-state index < -0.39 is 6.29 Å². The zero-order valence-electron chi connectivity index (χ0n) is 9.44. The van der Waals surface area contributed by atoms with Crippen molar-refractivity contribution >= 4 is 0 Å². The van der Waals surface area contributed by atoms with E-state index in [2.05, 4.69) is 5.43 Å². The summed E-state index contributed by atoms with van der Waals surface area (Å²) in [4.78, 5) is 0. The quantitative estimate of drug-likeness (QED) is 0.430. The Morgan fingerprint density at radius 3 is 2.44 bits per heavy atom. The summed E-state index contributed by atoms with van der Waals surface area (Å²) in [5, 5.41) is 0. The molecular formula is C11H17FN2O2. The van der Waals surface area contributed by atoms with Crippen LogP contribution in [0.2, 0.25) is 0 Å². The minimum absolute atomic E-state index is 0.256. The molecular weight excluding hydrogens is 211 g/mol. The highest BCUT2D eigenvalue weighted by atomic mass is 19.1. The van der Waals surface area contributed by atoms with Crippen molar-refractivity contribution in [3.05, 3.63) is 35.6 Å². The van der Waals surface area contributed by atoms with Crippen LogP contribution in [0.4, 0.5) is 4.39 Å². The number of ether oxygens (including phenoxy) is 2. The van der Waals surface area contributed by atoms with Gasteiger partial charge in [0.05, 0.1) is 6.04 Å². The van der Waals surface area contributed by atoms with Crippen molar-refractivity contribution in [2.75, 3.05) is 14.2 Å². The average Bonchev–Trinajstić information content (AvgIpc) is 2.31. The van der Waals surface area contributed by atoms with Crippen LogP contribution in [0.25, 0.3) is 0 Å². The van der Waals surface area contributed by atoms with E-state index in [1.165, 1.54) is 20.3 Å². The summed E-state index contributed by atoms with van der Waals surface area (Å²) in [5.74, 6) is 5.13. The second-order valence-corrected chi connectivity index (χ2v) is 3.41. The van der Waals surface area contributed by atoms with Crippen molar-refractivity contribution in [2.45, 2.75) is 18.8 Å². The summed E-state index contributed by atoms with van der Waals surface area (Å²) in [6.07, 6.45) is -0.111. The number of hydrogen-bond donors (Lipinski definition) is 2. The lowest BCUT2D eigenvalue weighted by Gasteiger charge is -2.24. The molecule has 0 radical (unpaired) electrons. The van der Waals surface area contributed by atoms with Crippen molar-refractivity contribution in [2.24, 2.45) is 5.84 Å². The standard InChI is InChI=1S/C11H17FN2O2/c1-15-11(16-2)10(14-13)7-8-5-3-4-6-9(8)12/h3-6,10-11,14H,7,13H2,1-2H3. The summed E-state index contributed by atoms with van der Waals surface area (Å²) in [5.41, 5.74) is 3.14. The Kier molecular flexibility index (Phi) is 5.34. The van der Waals surface area contributed by atoms with Gasteiger partial charge in [-0.05, 0) is 18.1 Å². The van der Waals surface area contributed by atoms with E-state index in [0.29, 0.717) is 12.0 Å². The first-order valence-electron chi connectivity index (χ1n) is 4.98. The number of nitrogens with two attached hydrogens (primary N) is 1. The number of hydrazine groups is 1. The van der Waals surface area contributed by atoms with Gasteiger partial charge in [-0.1, -0.05) is 18.2 Å². The smallest absolute Gasteiger partial charge is 0.173 e. The van der Waals surface area contributed by atoms with Gasteiger partial charge in [0.25, 0.3) is 0 Å². The molecule has 0 bridgehead atoms. The average molecular weight is 228 g/mol. The minimum Gasteiger partial charge on any atom is -0.354 e. The molecule has 0 saturated heterocycles. The van der Waals surface area contributed by atoms with Gasteiger partial charge in [0.15, 0.2) is 6.29 Å². The number of nitrogens with one attached hydrogen (secondary N) is 1. The Balaban J connectivity index is 2.73. The number of benzene rings is 1. The molecule has 0 heterocycles. The molecule has 0 aromatic heterocycles. The van der Waals surface area contributed by atoms with Crippen LogP contribution in [0.3, 0.4) is 0 Å². The van der Waals surface area contributed by atoms with Gasteiger partial charge in [-0.2, -0.15) is 0 Å². The van der Waals surface area contributed by atoms with Gasteiger partial charge in [-0.15, -0.1) is 0 Å². The molecule has 5 heteroatoms. The highest BCUT2D eigenvalue weighted by Gasteiger charge is 2.20. The maximum atomic E-state index is 13.4. The van der Waals surface area contributed by atoms with Crippen LogP contribution in [0.1, 0.15) is 5.56 Å². The van der Waals surface area contributed by atoms with E-state index in [-0.39, 0.29) is 11.9 Å². The van der Waals surface area contributed by atoms with E-state index in [9.17, 15) is 4.39 Å². The lowest BCUT2D eigenvalue weighted by Crippen LogP contribution is -2.47. The molecule has 16 heavy (non-hydrogen) atoms. The topological polar surface area (TPSA) is 56.5 Å². The minimum atomic E-state index is -0.510. The first-order valence-corrected chi connectivity index (χ1v) is 4.98. The molecule has 4 nitrogen and oxygen atoms in total. The third kappa shape index (κ3) is 3.24. The van der Waals surface area contributed by atoms with E-state index >= 15 is 0 Å². The normalized spacial score (nSPS) is 13.1. The highest BCUT2D eigenvalue weighted by Crippen LogP contribution is 2.12. The van der Waals surface area contributed by atoms with E-state index in [4.69, 9.17) is 15.3 Å². The molecule has 0 saturated carbocycles. The van der Waals surface area contributed by atoms with Crippen LogP contribution in [0, 0.1) is 5.82 Å². The predicted octanol–water partition coefficient (Wildman–Crippen LogP) is 0.819. The molecule has 1 atom stereocenters. The monoisotopic (exact) mass is 228 g/mol. The van der Waals surface area contributed by atoms with Gasteiger partial charge in [0, 0.05) is 14.2 Å². The fraction of sp³-hybridized carbons (Fsp3) is 0.455. The summed E-state index contributed by atoms with van der Waals surface area (Å²) < 4.78 is 23.6. The predicted molar refractivity (Wildman–Crippen MR) is 59.0 cm³/mol. The molecule has 1 aromatic rings. The highest BCUT2D eigenvalue weighted by molar-refractivity contribution is 5.18. The van der Waals surface area contributed by atoms with Crippen LogP contribution in [0.5, 0.6) is 0 Å². The van der Waals surface area contributed by atoms with Crippen molar-refractivity contribution in [1.82, 2.24) is 5.43 Å². The first kappa shape index (κ1) is 13.1. The lowest BCUT2D eigenvalue weighted by atomic mass is 10.1. The van der Waals surface area contributed by atoms with Crippen molar-refractivity contribution < 1.29 is 13.9 Å². The molecule has 0 aliphatic rings. The van der Waals surface area contributed by atoms with Gasteiger partial charge in [-0.25, -0.2) is 4.39 Å². The van der Waals surface area contributed by atoms with Gasteiger partial charge in [0.2, 0.25) is 0 Å². The largest absolute Gasteiger partial charge is 0.354 e. The number of methoxy groups -OCH3 is 2. The first-order chi connectivity index (χ1) is 7.72. The molecule has 0 amide bonds. The van der Waals surface area contributed by atoms with Crippen molar-refractivity contribution in [1.29, 1.82) is 0 Å². The molecule has 1 rings (SSSR count). The summed E-state index contributed by atoms with van der Waals surface area (Å²) >= 11 is 0. The van der Waals surface area contributed by atoms with Crippen molar-refractivity contribution in [3.8, 4) is 0 Å². The Labute approximate surface area is 94.5 Å². The van der Waals surface area contributed by atoms with Crippen LogP contribution >= 0.6 is 0 Å². The lowest BCUT2D eigenvalue weighted by molar-refractivity contribution is -0.122. The van der Waals surface area contributed by atoms with Crippen LogP contribution in [0.15, 0.2) is 24.3 Å². The Morgan fingerprint density at radius 1 is 1.31 bits per heavy atom. The fourth-order valence-electron chi connectivity index (χ4n) is 1.56. The molecule has 1 unspecified atom stereocenters. The maximum absolute atomic E-state index is 13.4. The Hall–Kier alpha value is -1.01. The zero-order valence-corrected chi connectivity index (χ0v) is 9.44. The molecule has 90 valence electrons. The Morgan fingerprint density at radius 2 is 1.94 bits per heavy atom. The van der Waals surface area contributed by atoms with Gasteiger partial charge >= 0.3 is 0 Å². The van der Waals surface area contributed by atoms with Gasteiger partial charge in [0.1, 0.15) is 5.82 Å². The number of halogens is 1. The molecule has 3 N–H and O–H groups in total. The zero-order chi connectivity index (χ0) is 12.0. The van der Waals surface area contributed by atoms with Gasteiger partial charge < -0.3 is 9.47 Å². The molecule has 0 aliphatic carbocycles. The summed E-state index contributed by atoms with van der Waals surface area (Å²) in [6.45, 7) is 0. The van der Waals surface area contributed by atoms with Gasteiger partial charge in [-0.3, -0.25) is 11.3 Å². The van der Waals surface area contributed by atoms with E-state index in [0.717, 1.165) is 0 Å². The van der Waals surface area contributed by atoms with Crippen molar-refractivity contribution in [3.63, 3.8) is 0 Å². The summed E-state index contributed by atoms with van der Waals surface area (Å²) in [7, 11) is 3.03. The van der Waals surface area contributed by atoms with Crippen LogP contribution in [-0.2, 0) is 15.9 Å². The van der Waals surface area contributed by atoms with E-state index in [1.54, 1.807) is 18.2 Å². The second-order valence-electron chi connectivity index (χ2n) is 3.41. The fourth-order valence-corrected chi connectivity index (χ4v) is 1.56. The van der Waals surface area contributed by atoms with E-state index in [1.807, 2.05) is 0 Å². The SMILES string of the molecule is COC(OC)C(Cc1ccccc1F)NN. The molecule has 1 aromatic carbocycles. The molecule has 0 spiro atoms. The van der Waals surface area contributed by atoms with Crippen LogP contribution < -0.4 is 11.3 Å². The third-order valence-corrected chi connectivity index (χ3v) is 2.40. The second kappa shape index (κ2) is 6.55. The third-order valence-electron chi connectivity index (χ3n) is 2.40. The number of rotatable bonds is 6. The molecule has 0 fully saturated rings. The molecule has 0 aliphatic heterocycles. The Bertz CT molecular complexity index is 319. The maximum Gasteiger partial charge on any atom is 0.173 e. The van der Waals surface area contributed by atoms with Crippen LogP contribution in [-0.4, -0.2) is 26.6 Å². The number of hydrogen-bond acceptors (Lipinski definition) is 4.